The Morgan fingerprint density at radius 3 is 1.90 bits per heavy atom. The van der Waals surface area contributed by atoms with Gasteiger partial charge in [0.15, 0.2) is 11.9 Å². The minimum absolute atomic E-state index is 0.00637. The van der Waals surface area contributed by atoms with Crippen LogP contribution in [0.2, 0.25) is 0 Å². The highest BCUT2D eigenvalue weighted by Crippen LogP contribution is 2.41. The Balaban J connectivity index is 0.949. The number of aliphatic hydroxyl groups excluding tert-OH is 3. The molecule has 0 radical (unpaired) electrons. The van der Waals surface area contributed by atoms with Crippen molar-refractivity contribution in [1.29, 1.82) is 0 Å². The lowest BCUT2D eigenvalue weighted by Crippen LogP contribution is -2.61. The molecule has 620 valence electrons. The van der Waals surface area contributed by atoms with Crippen molar-refractivity contribution in [2.75, 3.05) is 132 Å². The number of carboxylic acid groups (broad SMARTS) is 1. The van der Waals surface area contributed by atoms with E-state index >= 15 is 0 Å². The van der Waals surface area contributed by atoms with Crippen LogP contribution in [0.4, 0.5) is 10.5 Å². The second-order valence-electron chi connectivity index (χ2n) is 27.8. The highest BCUT2D eigenvalue weighted by molar-refractivity contribution is 6.00. The number of unbranched alkanes of at least 4 members (excludes halogenated alkanes) is 1. The van der Waals surface area contributed by atoms with Gasteiger partial charge in [0, 0.05) is 81.0 Å². The third kappa shape index (κ3) is 26.2. The molecule has 0 unspecified atom stereocenters. The highest BCUT2D eigenvalue weighted by atomic mass is 16.7. The molecule has 2 aromatic carbocycles. The van der Waals surface area contributed by atoms with Gasteiger partial charge < -0.3 is 119 Å². The van der Waals surface area contributed by atoms with Gasteiger partial charge in [-0.3, -0.25) is 38.4 Å². The van der Waals surface area contributed by atoms with E-state index in [0.717, 1.165) is 16.5 Å². The van der Waals surface area contributed by atoms with Gasteiger partial charge in [0.2, 0.25) is 41.7 Å². The standard InChI is InChI=1S/C77H111N9O26/c1-9-77(101)54-43-58-65-53(44-86(58)73(97)52(54)18-20-60(77)87)50(51-14-10-11-15-55(51)82-65)23-26-85(47(4)5)76(100)110-45-49-17-19-56(59(42-49)111-75-68(93)66(91)67(92)69(112-75)74(98)99)83-70(94)48(6)80-72(96)64(46(2)3)84-71(95)57(16-12-13-25-79-62(89)22-21-61(88)78-7)81-63(90)24-27-103-30-31-105-34-35-107-38-39-109-41-40-108-37-36-106-33-32-104-29-28-102-8/h10-11,14-15,17,19,42-43,46-48,57,64,66-69,75,91-93,101H,9,12-13,16,18,20-41,44-45H2,1-8H3,(H,78,88)(H,79,89)(H,80,96)(H,81,90)(H,83,94)(H,84,95)(H,98,99)/t48-,57-,64-,66-,67-,68+,69-,75+,77-/m0/s1. The van der Waals surface area contributed by atoms with Gasteiger partial charge in [0.1, 0.15) is 54.4 Å². The number of ketones is 1. The van der Waals surface area contributed by atoms with E-state index < -0.39 is 109 Å². The van der Waals surface area contributed by atoms with Gasteiger partial charge in [-0.15, -0.1) is 0 Å². The number of hydrogen-bond acceptors (Lipinski definition) is 26. The van der Waals surface area contributed by atoms with Crippen molar-refractivity contribution in [3.05, 3.63) is 86.7 Å². The molecule has 3 aliphatic rings. The van der Waals surface area contributed by atoms with Gasteiger partial charge >= 0.3 is 12.1 Å². The van der Waals surface area contributed by atoms with Gasteiger partial charge in [-0.2, -0.15) is 0 Å². The average molecular weight is 1580 g/mol. The Hall–Kier alpha value is -8.69. The zero-order valence-corrected chi connectivity index (χ0v) is 65.0. The van der Waals surface area contributed by atoms with E-state index in [-0.39, 0.29) is 143 Å². The lowest BCUT2D eigenvalue weighted by atomic mass is 9.77. The number of carbonyl (C=O) groups is 9. The summed E-state index contributed by atoms with van der Waals surface area (Å²) in [4.78, 5) is 140. The van der Waals surface area contributed by atoms with Crippen LogP contribution < -0.4 is 42.2 Å². The largest absolute Gasteiger partial charge is 0.479 e. The van der Waals surface area contributed by atoms with Crippen LogP contribution in [0.1, 0.15) is 121 Å². The first-order valence-corrected chi connectivity index (χ1v) is 38.0. The number of amides is 7. The maximum Gasteiger partial charge on any atom is 0.410 e. The normalized spacial score (nSPS) is 18.6. The molecule has 0 bridgehead atoms. The Kier molecular flexibility index (Phi) is 37.1. The quantitative estimate of drug-likeness (QED) is 0.0245. The van der Waals surface area contributed by atoms with Crippen molar-refractivity contribution >= 4 is 69.9 Å². The van der Waals surface area contributed by atoms with E-state index in [4.69, 9.17) is 57.1 Å². The molecule has 1 aliphatic carbocycles. The lowest BCUT2D eigenvalue weighted by molar-refractivity contribution is -0.271. The number of aliphatic hydroxyl groups is 4. The number of fused-ring (bicyclic) bond motifs is 5. The predicted octanol–water partition coefficient (Wildman–Crippen LogP) is 1.43. The third-order valence-corrected chi connectivity index (χ3v) is 19.2. The van der Waals surface area contributed by atoms with E-state index in [1.807, 2.05) is 24.3 Å². The minimum Gasteiger partial charge on any atom is -0.479 e. The zero-order valence-electron chi connectivity index (χ0n) is 65.0. The number of carbonyl (C=O) groups excluding carboxylic acids is 8. The molecular formula is C77H111N9O26. The number of para-hydroxylation sites is 1. The monoisotopic (exact) mass is 1580 g/mol. The number of anilines is 1. The first-order valence-electron chi connectivity index (χ1n) is 38.0. The molecule has 2 aliphatic heterocycles. The molecular weight excluding hydrogens is 1470 g/mol. The first-order chi connectivity index (χ1) is 53.7. The first kappa shape index (κ1) is 90.5. The van der Waals surface area contributed by atoms with Gasteiger partial charge in [-0.05, 0) is 101 Å². The third-order valence-electron chi connectivity index (χ3n) is 19.2. The highest BCUT2D eigenvalue weighted by Gasteiger charge is 2.49. The predicted molar refractivity (Wildman–Crippen MR) is 402 cm³/mol. The molecule has 35 heteroatoms. The molecule has 11 N–H and O–H groups in total. The molecule has 9 atom stereocenters. The maximum absolute atomic E-state index is 14.3. The number of pyridine rings is 2. The molecule has 4 heterocycles. The van der Waals surface area contributed by atoms with Crippen LogP contribution in [0, 0.1) is 5.92 Å². The molecule has 35 nitrogen and oxygen atoms in total. The molecule has 1 fully saturated rings. The maximum atomic E-state index is 14.3. The summed E-state index contributed by atoms with van der Waals surface area (Å²) < 4.78 is 62.4. The Morgan fingerprint density at radius 2 is 1.30 bits per heavy atom. The number of hydrogen-bond donors (Lipinski definition) is 11. The minimum atomic E-state index is -2.09. The van der Waals surface area contributed by atoms with E-state index in [9.17, 15) is 73.5 Å². The Labute approximate surface area is 650 Å². The lowest BCUT2D eigenvalue weighted by Gasteiger charge is -2.38. The molecule has 7 amide bonds. The van der Waals surface area contributed by atoms with Crippen molar-refractivity contribution in [2.24, 2.45) is 5.92 Å². The number of nitrogens with one attached hydrogen (secondary N) is 6. The molecule has 0 spiro atoms. The van der Waals surface area contributed by atoms with E-state index in [2.05, 4.69) is 31.9 Å². The molecule has 4 aromatic rings. The number of nitrogens with zero attached hydrogens (tertiary/aromatic N) is 3. The number of Topliss-reactive ketones (excluding diaryl/α,β-unsaturated/α-hetero) is 1. The van der Waals surface area contributed by atoms with Crippen molar-refractivity contribution in [3.8, 4) is 17.1 Å². The second kappa shape index (κ2) is 45.9. The van der Waals surface area contributed by atoms with Crippen LogP contribution in [0.15, 0.2) is 53.3 Å². The smallest absolute Gasteiger partial charge is 0.410 e. The SMILES string of the molecule is CC[C@@]1(O)C(=O)CCc2c1cc1n(c2=O)Cc2c-1nc1ccccc1c2CCN(C(=O)OCc1ccc(NC(=O)[C@H](C)NC(=O)[C@@H](NC(=O)[C@H](CCCCNC(=O)CCC(=O)NC)NC(=O)CCOCCOCCOCCOCCOCCOCCOCCOC)C(C)C)c(O[C@@H]2O[C@H](C(=O)O)[C@@H](O)[C@H](O)[C@H]2O)c1)C(C)C. The summed E-state index contributed by atoms with van der Waals surface area (Å²) in [5.74, 6) is -6.60. The summed E-state index contributed by atoms with van der Waals surface area (Å²) in [7, 11) is 3.07. The fraction of sp³-hybridized carbons (Fsp3) is 0.623. The van der Waals surface area contributed by atoms with Crippen LogP contribution in [-0.4, -0.2) is 274 Å². The summed E-state index contributed by atoms with van der Waals surface area (Å²) in [6.45, 7) is 15.3. The van der Waals surface area contributed by atoms with Crippen LogP contribution in [-0.2, 0) is 117 Å². The van der Waals surface area contributed by atoms with Gasteiger partial charge in [-0.25, -0.2) is 14.6 Å². The van der Waals surface area contributed by atoms with Gasteiger partial charge in [-0.1, -0.05) is 45.0 Å². The number of benzene rings is 2. The topological polar surface area (TPSA) is 467 Å². The summed E-state index contributed by atoms with van der Waals surface area (Å²) in [5, 5.41) is 70.5. The summed E-state index contributed by atoms with van der Waals surface area (Å²) >= 11 is 0. The van der Waals surface area contributed by atoms with E-state index in [1.54, 1.807) is 52.4 Å². The fourth-order valence-electron chi connectivity index (χ4n) is 12.7. The Bertz CT molecular complexity index is 3860. The molecule has 0 saturated carbocycles. The van der Waals surface area contributed by atoms with Gasteiger partial charge in [0.05, 0.1) is 128 Å². The van der Waals surface area contributed by atoms with Crippen LogP contribution in [0.3, 0.4) is 0 Å². The zero-order chi connectivity index (χ0) is 81.4. The molecule has 2 aromatic heterocycles. The van der Waals surface area contributed by atoms with Crippen molar-refractivity contribution in [1.82, 2.24) is 41.0 Å². The number of carboxylic acids is 1. The van der Waals surface area contributed by atoms with Gasteiger partial charge in [0.25, 0.3) is 5.56 Å². The summed E-state index contributed by atoms with van der Waals surface area (Å²) in [5.41, 5.74) is 1.74. The Morgan fingerprint density at radius 1 is 0.688 bits per heavy atom. The number of ether oxygens (including phenoxy) is 11. The number of aromatic nitrogens is 2. The molecule has 7 rings (SSSR count). The van der Waals surface area contributed by atoms with Crippen LogP contribution in [0.25, 0.3) is 22.3 Å². The van der Waals surface area contributed by atoms with Crippen molar-refractivity contribution < 1.29 is 121 Å². The average Bonchev–Trinajstić information content (AvgIpc) is 1.57. The second-order valence-corrected chi connectivity index (χ2v) is 27.8. The molecule has 1 saturated heterocycles. The van der Waals surface area contributed by atoms with Crippen LogP contribution in [0.5, 0.6) is 5.75 Å². The summed E-state index contributed by atoms with van der Waals surface area (Å²) in [6.07, 6.45) is -9.95. The number of aliphatic carboxylic acids is 1. The summed E-state index contributed by atoms with van der Waals surface area (Å²) in [6, 6.07) is 8.90. The van der Waals surface area contributed by atoms with E-state index in [0.29, 0.717) is 108 Å². The van der Waals surface area contributed by atoms with Crippen LogP contribution >= 0.6 is 0 Å². The molecule has 112 heavy (non-hydrogen) atoms. The van der Waals surface area contributed by atoms with Crippen molar-refractivity contribution in [2.45, 2.75) is 179 Å². The fourth-order valence-corrected chi connectivity index (χ4v) is 12.7. The number of rotatable bonds is 50. The van der Waals surface area contributed by atoms with Crippen molar-refractivity contribution in [3.63, 3.8) is 0 Å². The number of methoxy groups -OCH3 is 1. The van der Waals surface area contributed by atoms with E-state index in [1.165, 1.54) is 37.1 Å².